The molecule has 1 aliphatic heterocycles. The van der Waals surface area contributed by atoms with Crippen LogP contribution in [0.25, 0.3) is 6.08 Å². The van der Waals surface area contributed by atoms with Crippen molar-refractivity contribution in [3.8, 4) is 0 Å². The average molecular weight is 419 g/mol. The van der Waals surface area contributed by atoms with E-state index in [1.165, 1.54) is 10.4 Å². The van der Waals surface area contributed by atoms with E-state index in [1.54, 1.807) is 29.2 Å². The largest absolute Gasteiger partial charge is 0.340 e. The number of piperazine rings is 1. The standard InChI is InChI=1S/C17H20Cl2N2O4S/c1-26(24,25)21-8-6-20(7-9-21)17(23)5-4-16(22)3-2-13-10-14(18)12-15(19)11-13/h2-3,10-12H,4-9H2,1H3/b3-2+. The number of benzene rings is 1. The van der Waals surface area contributed by atoms with Crippen molar-refractivity contribution in [1.29, 1.82) is 0 Å². The van der Waals surface area contributed by atoms with Gasteiger partial charge in [0.2, 0.25) is 15.9 Å². The molecule has 0 bridgehead atoms. The molecule has 0 aliphatic carbocycles. The summed E-state index contributed by atoms with van der Waals surface area (Å²) in [5.41, 5.74) is 0.707. The fourth-order valence-corrected chi connectivity index (χ4v) is 3.97. The Hall–Kier alpha value is -1.41. The third kappa shape index (κ3) is 6.39. The summed E-state index contributed by atoms with van der Waals surface area (Å²) >= 11 is 11.8. The van der Waals surface area contributed by atoms with Crippen LogP contribution in [-0.4, -0.2) is 61.7 Å². The second-order valence-corrected chi connectivity index (χ2v) is 8.90. The number of allylic oxidation sites excluding steroid dienone is 1. The second-order valence-electron chi connectivity index (χ2n) is 6.05. The topological polar surface area (TPSA) is 74.8 Å². The maximum Gasteiger partial charge on any atom is 0.223 e. The molecule has 1 amide bonds. The fraction of sp³-hybridized carbons (Fsp3) is 0.412. The van der Waals surface area contributed by atoms with Crippen LogP contribution in [0.3, 0.4) is 0 Å². The molecule has 0 atom stereocenters. The van der Waals surface area contributed by atoms with E-state index >= 15 is 0 Å². The van der Waals surface area contributed by atoms with Gasteiger partial charge in [-0.1, -0.05) is 29.3 Å². The molecule has 26 heavy (non-hydrogen) atoms. The van der Waals surface area contributed by atoms with Crippen LogP contribution in [0.2, 0.25) is 10.0 Å². The lowest BCUT2D eigenvalue weighted by molar-refractivity contribution is -0.133. The third-order valence-electron chi connectivity index (χ3n) is 3.99. The predicted octanol–water partition coefficient (Wildman–Crippen LogP) is 2.46. The molecule has 0 aromatic heterocycles. The van der Waals surface area contributed by atoms with Crippen molar-refractivity contribution in [3.05, 3.63) is 39.9 Å². The third-order valence-corrected chi connectivity index (χ3v) is 5.73. The normalized spacial score (nSPS) is 16.2. The van der Waals surface area contributed by atoms with E-state index in [9.17, 15) is 18.0 Å². The highest BCUT2D eigenvalue weighted by Gasteiger charge is 2.25. The number of sulfonamides is 1. The first-order chi connectivity index (χ1) is 12.1. The molecule has 0 spiro atoms. The summed E-state index contributed by atoms with van der Waals surface area (Å²) in [4.78, 5) is 25.7. The highest BCUT2D eigenvalue weighted by molar-refractivity contribution is 7.88. The van der Waals surface area contributed by atoms with Crippen LogP contribution in [0.4, 0.5) is 0 Å². The number of amides is 1. The van der Waals surface area contributed by atoms with E-state index in [0.29, 0.717) is 28.7 Å². The summed E-state index contributed by atoms with van der Waals surface area (Å²) in [6.07, 6.45) is 4.35. The number of hydrogen-bond donors (Lipinski definition) is 0. The van der Waals surface area contributed by atoms with Gasteiger partial charge in [-0.15, -0.1) is 0 Å². The molecule has 1 saturated heterocycles. The Morgan fingerprint density at radius 2 is 1.62 bits per heavy atom. The van der Waals surface area contributed by atoms with E-state index in [2.05, 4.69) is 0 Å². The number of carbonyl (C=O) groups is 2. The lowest BCUT2D eigenvalue weighted by atomic mass is 10.1. The Bertz CT molecular complexity index is 796. The summed E-state index contributed by atoms with van der Waals surface area (Å²) in [6.45, 7) is 1.26. The van der Waals surface area contributed by atoms with Crippen molar-refractivity contribution in [2.45, 2.75) is 12.8 Å². The minimum absolute atomic E-state index is 0.0932. The Morgan fingerprint density at radius 1 is 1.04 bits per heavy atom. The minimum Gasteiger partial charge on any atom is -0.340 e. The first kappa shape index (κ1) is 20.9. The molecule has 1 aromatic carbocycles. The number of hydrogen-bond acceptors (Lipinski definition) is 4. The van der Waals surface area contributed by atoms with Gasteiger partial charge < -0.3 is 4.90 Å². The molecular weight excluding hydrogens is 399 g/mol. The monoisotopic (exact) mass is 418 g/mol. The summed E-state index contributed by atoms with van der Waals surface area (Å²) in [5.74, 6) is -0.324. The van der Waals surface area contributed by atoms with Crippen molar-refractivity contribution in [3.63, 3.8) is 0 Å². The van der Waals surface area contributed by atoms with E-state index < -0.39 is 10.0 Å². The molecule has 0 radical (unpaired) electrons. The number of halogens is 2. The van der Waals surface area contributed by atoms with Gasteiger partial charge in [0.1, 0.15) is 0 Å². The zero-order valence-electron chi connectivity index (χ0n) is 14.3. The maximum atomic E-state index is 12.2. The molecule has 0 N–H and O–H groups in total. The number of nitrogens with zero attached hydrogens (tertiary/aromatic N) is 2. The van der Waals surface area contributed by atoms with Crippen LogP contribution in [0.5, 0.6) is 0 Å². The summed E-state index contributed by atoms with van der Waals surface area (Å²) < 4.78 is 24.3. The summed E-state index contributed by atoms with van der Waals surface area (Å²) in [6, 6.07) is 4.97. The lowest BCUT2D eigenvalue weighted by Gasteiger charge is -2.33. The predicted molar refractivity (Wildman–Crippen MR) is 103 cm³/mol. The van der Waals surface area contributed by atoms with E-state index in [-0.39, 0.29) is 37.6 Å². The number of carbonyl (C=O) groups excluding carboxylic acids is 2. The molecule has 6 nitrogen and oxygen atoms in total. The molecule has 0 unspecified atom stereocenters. The Balaban J connectivity index is 1.80. The highest BCUT2D eigenvalue weighted by atomic mass is 35.5. The molecule has 2 rings (SSSR count). The van der Waals surface area contributed by atoms with Gasteiger partial charge in [0, 0.05) is 49.1 Å². The van der Waals surface area contributed by atoms with Crippen molar-refractivity contribution >= 4 is 51.0 Å². The second kappa shape index (κ2) is 8.99. The number of rotatable bonds is 6. The smallest absolute Gasteiger partial charge is 0.223 e. The number of ketones is 1. The van der Waals surface area contributed by atoms with Crippen molar-refractivity contribution in [2.75, 3.05) is 32.4 Å². The maximum absolute atomic E-state index is 12.2. The Labute approximate surface area is 163 Å². The zero-order chi connectivity index (χ0) is 19.3. The molecule has 1 aliphatic rings. The Kier molecular flexibility index (Phi) is 7.23. The molecule has 142 valence electrons. The summed E-state index contributed by atoms with van der Waals surface area (Å²) in [5, 5.41) is 0.959. The van der Waals surface area contributed by atoms with Gasteiger partial charge in [0.25, 0.3) is 0 Å². The zero-order valence-corrected chi connectivity index (χ0v) is 16.6. The van der Waals surface area contributed by atoms with Crippen molar-refractivity contribution in [1.82, 2.24) is 9.21 Å². The Morgan fingerprint density at radius 3 is 2.15 bits per heavy atom. The molecule has 0 saturated carbocycles. The van der Waals surface area contributed by atoms with Gasteiger partial charge in [0.05, 0.1) is 6.26 Å². The van der Waals surface area contributed by atoms with Crippen LogP contribution in [0.15, 0.2) is 24.3 Å². The van der Waals surface area contributed by atoms with E-state index in [0.717, 1.165) is 6.26 Å². The van der Waals surface area contributed by atoms with Crippen LogP contribution >= 0.6 is 23.2 Å². The van der Waals surface area contributed by atoms with Gasteiger partial charge in [-0.25, -0.2) is 8.42 Å². The van der Waals surface area contributed by atoms with Gasteiger partial charge in [-0.2, -0.15) is 4.31 Å². The van der Waals surface area contributed by atoms with Gasteiger partial charge >= 0.3 is 0 Å². The first-order valence-electron chi connectivity index (χ1n) is 8.05. The van der Waals surface area contributed by atoms with Crippen LogP contribution in [0.1, 0.15) is 18.4 Å². The van der Waals surface area contributed by atoms with Crippen LogP contribution < -0.4 is 0 Å². The SMILES string of the molecule is CS(=O)(=O)N1CCN(C(=O)CCC(=O)/C=C/c2cc(Cl)cc(Cl)c2)CC1. The lowest BCUT2D eigenvalue weighted by Crippen LogP contribution is -2.50. The molecule has 1 aromatic rings. The van der Waals surface area contributed by atoms with Crippen molar-refractivity contribution in [2.24, 2.45) is 0 Å². The summed E-state index contributed by atoms with van der Waals surface area (Å²) in [7, 11) is -3.23. The van der Waals surface area contributed by atoms with Crippen LogP contribution in [0, 0.1) is 0 Å². The minimum atomic E-state index is -3.23. The molecule has 1 fully saturated rings. The van der Waals surface area contributed by atoms with Gasteiger partial charge in [0.15, 0.2) is 5.78 Å². The molecule has 1 heterocycles. The van der Waals surface area contributed by atoms with E-state index in [4.69, 9.17) is 23.2 Å². The quantitative estimate of drug-likeness (QED) is 0.664. The fourth-order valence-electron chi connectivity index (χ4n) is 2.60. The van der Waals surface area contributed by atoms with Crippen molar-refractivity contribution < 1.29 is 18.0 Å². The highest BCUT2D eigenvalue weighted by Crippen LogP contribution is 2.20. The molecule has 9 heteroatoms. The average Bonchev–Trinajstić information content (AvgIpc) is 2.56. The first-order valence-corrected chi connectivity index (χ1v) is 10.7. The van der Waals surface area contributed by atoms with Gasteiger partial charge in [-0.3, -0.25) is 9.59 Å². The van der Waals surface area contributed by atoms with Gasteiger partial charge in [-0.05, 0) is 29.8 Å². The van der Waals surface area contributed by atoms with E-state index in [1.807, 2.05) is 0 Å². The molecular formula is C17H20Cl2N2O4S. The van der Waals surface area contributed by atoms with Crippen LogP contribution in [-0.2, 0) is 19.6 Å².